The third kappa shape index (κ3) is 4.18. The lowest BCUT2D eigenvalue weighted by Gasteiger charge is -2.12. The minimum absolute atomic E-state index is 0.0112. The number of nitrogens with zero attached hydrogens (tertiary/aromatic N) is 2. The summed E-state index contributed by atoms with van der Waals surface area (Å²) in [6.45, 7) is 0.576. The lowest BCUT2D eigenvalue weighted by molar-refractivity contribution is 0.318. The van der Waals surface area contributed by atoms with Crippen LogP contribution in [0.15, 0.2) is 49.0 Å². The second-order valence-corrected chi connectivity index (χ2v) is 6.76. The molecule has 110 valence electrons. The average molecular weight is 479 g/mol. The quantitative estimate of drug-likeness (QED) is 0.268. The zero-order chi connectivity index (χ0) is 15.4. The highest BCUT2D eigenvalue weighted by molar-refractivity contribution is 9.11. The fourth-order valence-corrected chi connectivity index (χ4v) is 4.22. The molecule has 0 radical (unpaired) electrons. The molecule has 0 aliphatic heterocycles. The van der Waals surface area contributed by atoms with Gasteiger partial charge in [0, 0.05) is 26.2 Å². The number of nitrogens with one attached hydrogen (secondary N) is 1. The van der Waals surface area contributed by atoms with E-state index in [0.717, 1.165) is 24.7 Å². The van der Waals surface area contributed by atoms with E-state index < -0.39 is 0 Å². The van der Waals surface area contributed by atoms with E-state index in [1.54, 1.807) is 12.3 Å². The molecule has 0 atom stereocenters. The van der Waals surface area contributed by atoms with Crippen LogP contribution in [-0.4, -0.2) is 16.0 Å². The Labute approximate surface area is 147 Å². The molecule has 0 unspecified atom stereocenters. The van der Waals surface area contributed by atoms with Gasteiger partial charge >= 0.3 is 0 Å². The van der Waals surface area contributed by atoms with E-state index in [2.05, 4.69) is 63.2 Å². The molecule has 8 heteroatoms. The second-order valence-electron chi connectivity index (χ2n) is 4.13. The van der Waals surface area contributed by atoms with E-state index in [1.807, 2.05) is 18.2 Å². The molecule has 0 amide bonds. The van der Waals surface area contributed by atoms with E-state index in [0.29, 0.717) is 12.2 Å². The first-order chi connectivity index (χ1) is 10.0. The number of hydrogen-bond acceptors (Lipinski definition) is 4. The van der Waals surface area contributed by atoms with Crippen LogP contribution in [0.5, 0.6) is 0 Å². The molecule has 0 aliphatic carbocycles. The van der Waals surface area contributed by atoms with E-state index in [4.69, 9.17) is 10.9 Å². The van der Waals surface area contributed by atoms with Gasteiger partial charge in [0.05, 0.1) is 5.69 Å². The second kappa shape index (κ2) is 7.24. The monoisotopic (exact) mass is 476 g/mol. The van der Waals surface area contributed by atoms with E-state index in [-0.39, 0.29) is 5.84 Å². The van der Waals surface area contributed by atoms with Gasteiger partial charge in [0.25, 0.3) is 0 Å². The third-order valence-corrected chi connectivity index (χ3v) is 4.38. The fourth-order valence-electron chi connectivity index (χ4n) is 1.68. The van der Waals surface area contributed by atoms with Crippen molar-refractivity contribution in [1.82, 2.24) is 4.98 Å². The van der Waals surface area contributed by atoms with Crippen LogP contribution < -0.4 is 11.1 Å². The first-order valence-corrected chi connectivity index (χ1v) is 8.20. The Balaban J connectivity index is 2.17. The number of benzene rings is 1. The molecule has 5 nitrogen and oxygen atoms in total. The minimum Gasteiger partial charge on any atom is -0.409 e. The van der Waals surface area contributed by atoms with Gasteiger partial charge in [-0.25, -0.2) is 0 Å². The van der Waals surface area contributed by atoms with Crippen LogP contribution >= 0.6 is 47.8 Å². The molecule has 4 N–H and O–H groups in total. The van der Waals surface area contributed by atoms with Crippen LogP contribution in [0.1, 0.15) is 11.3 Å². The van der Waals surface area contributed by atoms with Crippen molar-refractivity contribution >= 4 is 59.3 Å². The van der Waals surface area contributed by atoms with Gasteiger partial charge in [0.2, 0.25) is 0 Å². The molecule has 0 spiro atoms. The maximum Gasteiger partial charge on any atom is 0.188 e. The topological polar surface area (TPSA) is 83.5 Å². The van der Waals surface area contributed by atoms with Gasteiger partial charge in [-0.15, -0.1) is 0 Å². The minimum atomic E-state index is -0.0112. The average Bonchev–Trinajstić information content (AvgIpc) is 2.45. The molecule has 1 aromatic heterocycles. The third-order valence-electron chi connectivity index (χ3n) is 2.67. The fraction of sp³-hybridized carbons (Fsp3) is 0.0769. The summed E-state index contributed by atoms with van der Waals surface area (Å²) in [4.78, 5) is 4.04. The number of halogens is 3. The predicted octanol–water partition coefficient (Wildman–Crippen LogP) is 4.08. The number of oxime groups is 1. The Morgan fingerprint density at radius 2 is 1.90 bits per heavy atom. The van der Waals surface area contributed by atoms with Crippen molar-refractivity contribution in [3.05, 3.63) is 55.1 Å². The van der Waals surface area contributed by atoms with Gasteiger partial charge in [-0.3, -0.25) is 4.98 Å². The van der Waals surface area contributed by atoms with Crippen LogP contribution in [0.4, 0.5) is 5.69 Å². The Kier molecular flexibility index (Phi) is 5.60. The van der Waals surface area contributed by atoms with Crippen molar-refractivity contribution < 1.29 is 5.21 Å². The summed E-state index contributed by atoms with van der Waals surface area (Å²) in [5, 5.41) is 14.9. The van der Waals surface area contributed by atoms with Crippen LogP contribution in [0.3, 0.4) is 0 Å². The van der Waals surface area contributed by atoms with Crippen LogP contribution in [0, 0.1) is 0 Å². The molecular weight excluding hydrogens is 468 g/mol. The largest absolute Gasteiger partial charge is 0.409 e. The van der Waals surface area contributed by atoms with Gasteiger partial charge in [0.1, 0.15) is 5.69 Å². The molecular formula is C13H11Br3N4O. The van der Waals surface area contributed by atoms with Gasteiger partial charge < -0.3 is 16.3 Å². The van der Waals surface area contributed by atoms with Gasteiger partial charge in [-0.2, -0.15) is 0 Å². The maximum atomic E-state index is 8.68. The van der Waals surface area contributed by atoms with Crippen molar-refractivity contribution in [2.75, 3.05) is 5.32 Å². The molecule has 21 heavy (non-hydrogen) atoms. The number of rotatable bonds is 4. The molecule has 0 saturated heterocycles. The zero-order valence-corrected chi connectivity index (χ0v) is 15.4. The van der Waals surface area contributed by atoms with Crippen LogP contribution in [-0.2, 0) is 6.54 Å². The highest BCUT2D eigenvalue weighted by Crippen LogP contribution is 2.34. The Morgan fingerprint density at radius 3 is 2.52 bits per heavy atom. The van der Waals surface area contributed by atoms with Crippen LogP contribution in [0.25, 0.3) is 0 Å². The molecule has 0 aliphatic rings. The number of hydrogen-bond donors (Lipinski definition) is 3. The summed E-state index contributed by atoms with van der Waals surface area (Å²) < 4.78 is 2.86. The molecule has 2 rings (SSSR count). The standard InChI is InChI=1S/C13H11Br3N4O/c14-8-4-9(15)12(10(16)5-8)19-6-7-1-2-18-11(3-7)13(17)20-21/h1-5,19,21H,6H2,(H2,17,20). The molecule has 1 aromatic carbocycles. The molecule has 1 heterocycles. The molecule has 2 aromatic rings. The van der Waals surface area contributed by atoms with Crippen molar-refractivity contribution in [3.63, 3.8) is 0 Å². The molecule has 0 fully saturated rings. The summed E-state index contributed by atoms with van der Waals surface area (Å²) in [5.74, 6) is -0.0112. The lowest BCUT2D eigenvalue weighted by Crippen LogP contribution is -2.15. The SMILES string of the molecule is NC(=NO)c1cc(CNc2c(Br)cc(Br)cc2Br)ccn1. The highest BCUT2D eigenvalue weighted by atomic mass is 79.9. The molecule has 0 bridgehead atoms. The predicted molar refractivity (Wildman–Crippen MR) is 93.6 cm³/mol. The van der Waals surface area contributed by atoms with Gasteiger partial charge in [-0.05, 0) is 61.7 Å². The number of pyridine rings is 1. The Morgan fingerprint density at radius 1 is 1.24 bits per heavy atom. The summed E-state index contributed by atoms with van der Waals surface area (Å²) in [6, 6.07) is 7.55. The summed E-state index contributed by atoms with van der Waals surface area (Å²) >= 11 is 10.5. The van der Waals surface area contributed by atoms with Crippen molar-refractivity contribution in [3.8, 4) is 0 Å². The Hall–Kier alpha value is -1.12. The first kappa shape index (κ1) is 16.3. The molecule has 0 saturated carbocycles. The van der Waals surface area contributed by atoms with Crippen molar-refractivity contribution in [1.29, 1.82) is 0 Å². The maximum absolute atomic E-state index is 8.68. The summed E-state index contributed by atoms with van der Waals surface area (Å²) in [5.41, 5.74) is 7.88. The smallest absolute Gasteiger partial charge is 0.188 e. The Bertz CT molecular complexity index is 668. The van der Waals surface area contributed by atoms with Crippen molar-refractivity contribution in [2.45, 2.75) is 6.54 Å². The number of aromatic nitrogens is 1. The van der Waals surface area contributed by atoms with Gasteiger partial charge in [0.15, 0.2) is 5.84 Å². The number of nitrogens with two attached hydrogens (primary N) is 1. The normalized spacial score (nSPS) is 11.5. The zero-order valence-electron chi connectivity index (χ0n) is 10.6. The van der Waals surface area contributed by atoms with E-state index >= 15 is 0 Å². The van der Waals surface area contributed by atoms with Gasteiger partial charge in [-0.1, -0.05) is 21.1 Å². The van der Waals surface area contributed by atoms with Crippen molar-refractivity contribution in [2.24, 2.45) is 10.9 Å². The lowest BCUT2D eigenvalue weighted by atomic mass is 10.2. The summed E-state index contributed by atoms with van der Waals surface area (Å²) in [6.07, 6.45) is 1.62. The number of amidine groups is 1. The van der Waals surface area contributed by atoms with E-state index in [9.17, 15) is 0 Å². The number of anilines is 1. The van der Waals surface area contributed by atoms with Crippen LogP contribution in [0.2, 0.25) is 0 Å². The highest BCUT2D eigenvalue weighted by Gasteiger charge is 2.07. The first-order valence-electron chi connectivity index (χ1n) is 5.82. The summed E-state index contributed by atoms with van der Waals surface area (Å²) in [7, 11) is 0. The van der Waals surface area contributed by atoms with E-state index in [1.165, 1.54) is 0 Å².